The van der Waals surface area contributed by atoms with Crippen molar-refractivity contribution in [1.29, 1.82) is 0 Å². The van der Waals surface area contributed by atoms with Crippen molar-refractivity contribution in [3.63, 3.8) is 0 Å². The van der Waals surface area contributed by atoms with Gasteiger partial charge in [-0.05, 0) is 43.2 Å². The predicted molar refractivity (Wildman–Crippen MR) is 99.2 cm³/mol. The van der Waals surface area contributed by atoms with Crippen molar-refractivity contribution in [3.8, 4) is 5.75 Å². The topological polar surface area (TPSA) is 67.4 Å². The maximum Gasteiger partial charge on any atom is 0.255 e. The van der Waals surface area contributed by atoms with E-state index in [0.29, 0.717) is 35.7 Å². The monoisotopic (exact) mass is 340 g/mol. The lowest BCUT2D eigenvalue weighted by atomic mass is 10.1. The zero-order valence-corrected chi connectivity index (χ0v) is 14.7. The highest BCUT2D eigenvalue weighted by Crippen LogP contribution is 2.18. The van der Waals surface area contributed by atoms with E-state index in [4.69, 9.17) is 4.74 Å². The van der Waals surface area contributed by atoms with E-state index in [9.17, 15) is 9.59 Å². The normalized spacial score (nSPS) is 10.2. The summed E-state index contributed by atoms with van der Waals surface area (Å²) >= 11 is 0. The summed E-state index contributed by atoms with van der Waals surface area (Å²) in [5, 5.41) is 5.64. The largest absolute Gasteiger partial charge is 0.494 e. The summed E-state index contributed by atoms with van der Waals surface area (Å²) in [7, 11) is 0. The molecule has 0 radical (unpaired) electrons. The van der Waals surface area contributed by atoms with Gasteiger partial charge in [0.05, 0.1) is 17.9 Å². The lowest BCUT2D eigenvalue weighted by molar-refractivity contribution is 0.0954. The molecule has 2 aromatic rings. The Morgan fingerprint density at radius 3 is 2.52 bits per heavy atom. The van der Waals surface area contributed by atoms with Crippen LogP contribution in [0.25, 0.3) is 0 Å². The summed E-state index contributed by atoms with van der Waals surface area (Å²) in [6.07, 6.45) is 1.75. The van der Waals surface area contributed by atoms with Gasteiger partial charge in [-0.1, -0.05) is 32.0 Å². The fraction of sp³-hybridized carbons (Fsp3) is 0.300. The number of para-hydroxylation sites is 1. The minimum absolute atomic E-state index is 0.197. The summed E-state index contributed by atoms with van der Waals surface area (Å²) in [5.41, 5.74) is 1.42. The predicted octanol–water partition coefficient (Wildman–Crippen LogP) is 3.87. The molecule has 5 nitrogen and oxygen atoms in total. The Morgan fingerprint density at radius 2 is 1.76 bits per heavy atom. The quantitative estimate of drug-likeness (QED) is 0.766. The van der Waals surface area contributed by atoms with Crippen LogP contribution in [0.4, 0.5) is 5.69 Å². The molecule has 2 aromatic carbocycles. The lowest BCUT2D eigenvalue weighted by Gasteiger charge is -2.12. The van der Waals surface area contributed by atoms with Gasteiger partial charge in [-0.3, -0.25) is 9.59 Å². The first-order valence-corrected chi connectivity index (χ1v) is 8.57. The van der Waals surface area contributed by atoms with Crippen LogP contribution in [0.15, 0.2) is 48.5 Å². The highest BCUT2D eigenvalue weighted by molar-refractivity contribution is 6.09. The Morgan fingerprint density at radius 1 is 0.960 bits per heavy atom. The van der Waals surface area contributed by atoms with Gasteiger partial charge < -0.3 is 15.4 Å². The molecule has 0 aromatic heterocycles. The molecule has 5 heteroatoms. The van der Waals surface area contributed by atoms with Crippen LogP contribution in [0.1, 0.15) is 47.4 Å². The van der Waals surface area contributed by atoms with Gasteiger partial charge in [0.2, 0.25) is 0 Å². The van der Waals surface area contributed by atoms with Crippen LogP contribution in [0, 0.1) is 0 Å². The zero-order valence-electron chi connectivity index (χ0n) is 14.7. The van der Waals surface area contributed by atoms with Crippen LogP contribution in [-0.4, -0.2) is 25.0 Å². The molecule has 0 fully saturated rings. The van der Waals surface area contributed by atoms with Gasteiger partial charge in [-0.15, -0.1) is 0 Å². The first-order chi connectivity index (χ1) is 12.2. The molecule has 25 heavy (non-hydrogen) atoms. The fourth-order valence-corrected chi connectivity index (χ4v) is 2.27. The molecular weight excluding hydrogens is 316 g/mol. The first kappa shape index (κ1) is 18.5. The maximum atomic E-state index is 12.5. The Balaban J connectivity index is 2.14. The summed E-state index contributed by atoms with van der Waals surface area (Å²) in [4.78, 5) is 24.8. The van der Waals surface area contributed by atoms with Crippen molar-refractivity contribution in [3.05, 3.63) is 59.7 Å². The number of ether oxygens (including phenoxy) is 1. The molecule has 0 heterocycles. The van der Waals surface area contributed by atoms with Gasteiger partial charge in [-0.2, -0.15) is 0 Å². The van der Waals surface area contributed by atoms with Crippen molar-refractivity contribution in [2.24, 2.45) is 0 Å². The second-order valence-corrected chi connectivity index (χ2v) is 5.63. The SMILES string of the molecule is CCCNC(=O)c1ccccc1NC(=O)c1cccc(OCCC)c1. The third-order valence-electron chi connectivity index (χ3n) is 3.52. The second-order valence-electron chi connectivity index (χ2n) is 5.63. The molecule has 2 amide bonds. The molecular formula is C20H24N2O3. The van der Waals surface area contributed by atoms with Crippen LogP contribution < -0.4 is 15.4 Å². The number of amides is 2. The van der Waals surface area contributed by atoms with E-state index < -0.39 is 0 Å². The maximum absolute atomic E-state index is 12.5. The third kappa shape index (κ3) is 5.35. The van der Waals surface area contributed by atoms with E-state index in [-0.39, 0.29) is 11.8 Å². The highest BCUT2D eigenvalue weighted by Gasteiger charge is 2.14. The molecule has 0 bridgehead atoms. The molecule has 0 unspecified atom stereocenters. The van der Waals surface area contributed by atoms with Crippen LogP contribution >= 0.6 is 0 Å². The number of nitrogens with one attached hydrogen (secondary N) is 2. The standard InChI is InChI=1S/C20H24N2O3/c1-3-12-21-20(24)17-10-5-6-11-18(17)22-19(23)15-8-7-9-16(14-15)25-13-4-2/h5-11,14H,3-4,12-13H2,1-2H3,(H,21,24)(H,22,23). The highest BCUT2D eigenvalue weighted by atomic mass is 16.5. The molecule has 0 aliphatic rings. The van der Waals surface area contributed by atoms with Crippen molar-refractivity contribution in [1.82, 2.24) is 5.32 Å². The minimum Gasteiger partial charge on any atom is -0.494 e. The molecule has 0 atom stereocenters. The van der Waals surface area contributed by atoms with Crippen LogP contribution in [0.5, 0.6) is 5.75 Å². The molecule has 0 spiro atoms. The number of rotatable bonds is 8. The van der Waals surface area contributed by atoms with Crippen molar-refractivity contribution in [2.75, 3.05) is 18.5 Å². The Bertz CT molecular complexity index is 728. The average molecular weight is 340 g/mol. The smallest absolute Gasteiger partial charge is 0.255 e. The summed E-state index contributed by atoms with van der Waals surface area (Å²) in [6.45, 7) is 5.21. The number of carbonyl (C=O) groups excluding carboxylic acids is 2. The molecule has 132 valence electrons. The van der Waals surface area contributed by atoms with Crippen molar-refractivity contribution >= 4 is 17.5 Å². The summed E-state index contributed by atoms with van der Waals surface area (Å²) in [6, 6.07) is 14.0. The Labute approximate surface area is 148 Å². The van der Waals surface area contributed by atoms with E-state index in [0.717, 1.165) is 12.8 Å². The summed E-state index contributed by atoms with van der Waals surface area (Å²) in [5.74, 6) is 0.180. The van der Waals surface area contributed by atoms with Crippen molar-refractivity contribution in [2.45, 2.75) is 26.7 Å². The van der Waals surface area contributed by atoms with Gasteiger partial charge in [0.15, 0.2) is 0 Å². The Kier molecular flexibility index (Phi) is 7.01. The number of benzene rings is 2. The van der Waals surface area contributed by atoms with Crippen LogP contribution in [0.2, 0.25) is 0 Å². The first-order valence-electron chi connectivity index (χ1n) is 8.57. The van der Waals surface area contributed by atoms with Gasteiger partial charge in [0.25, 0.3) is 11.8 Å². The van der Waals surface area contributed by atoms with E-state index in [1.807, 2.05) is 19.9 Å². The number of anilines is 1. The van der Waals surface area contributed by atoms with Crippen molar-refractivity contribution < 1.29 is 14.3 Å². The number of hydrogen-bond acceptors (Lipinski definition) is 3. The number of carbonyl (C=O) groups is 2. The van der Waals surface area contributed by atoms with Crippen LogP contribution in [0.3, 0.4) is 0 Å². The molecule has 0 saturated carbocycles. The summed E-state index contributed by atoms with van der Waals surface area (Å²) < 4.78 is 5.56. The van der Waals surface area contributed by atoms with E-state index in [1.54, 1.807) is 42.5 Å². The molecule has 2 rings (SSSR count). The van der Waals surface area contributed by atoms with E-state index in [2.05, 4.69) is 10.6 Å². The zero-order chi connectivity index (χ0) is 18.1. The second kappa shape index (κ2) is 9.47. The third-order valence-corrected chi connectivity index (χ3v) is 3.52. The minimum atomic E-state index is -0.280. The van der Waals surface area contributed by atoms with Crippen LogP contribution in [-0.2, 0) is 0 Å². The molecule has 0 saturated heterocycles. The van der Waals surface area contributed by atoms with Gasteiger partial charge in [0.1, 0.15) is 5.75 Å². The van der Waals surface area contributed by atoms with E-state index >= 15 is 0 Å². The van der Waals surface area contributed by atoms with Gasteiger partial charge in [-0.25, -0.2) is 0 Å². The van der Waals surface area contributed by atoms with Gasteiger partial charge in [0, 0.05) is 12.1 Å². The lowest BCUT2D eigenvalue weighted by Crippen LogP contribution is -2.25. The Hall–Kier alpha value is -2.82. The van der Waals surface area contributed by atoms with E-state index in [1.165, 1.54) is 0 Å². The molecule has 2 N–H and O–H groups in total. The number of hydrogen-bond donors (Lipinski definition) is 2. The molecule has 0 aliphatic carbocycles. The average Bonchev–Trinajstić information content (AvgIpc) is 2.65. The fourth-order valence-electron chi connectivity index (χ4n) is 2.27. The molecule has 0 aliphatic heterocycles. The van der Waals surface area contributed by atoms with Gasteiger partial charge >= 0.3 is 0 Å².